The van der Waals surface area contributed by atoms with Gasteiger partial charge in [0, 0.05) is 37.9 Å². The fraction of sp³-hybridized carbons (Fsp3) is 0.409. The Bertz CT molecular complexity index is 1010. The van der Waals surface area contributed by atoms with Gasteiger partial charge in [-0.1, -0.05) is 6.07 Å². The molecule has 7 nitrogen and oxygen atoms in total. The first kappa shape index (κ1) is 19.2. The highest BCUT2D eigenvalue weighted by Gasteiger charge is 2.18. The zero-order chi connectivity index (χ0) is 20.1. The first-order chi connectivity index (χ1) is 14.3. The first-order valence-electron chi connectivity index (χ1n) is 10.1. The van der Waals surface area contributed by atoms with Crippen LogP contribution in [0.5, 0.6) is 5.75 Å². The topological polar surface area (TPSA) is 70.2 Å². The first-order valence-corrected chi connectivity index (χ1v) is 10.1. The zero-order valence-electron chi connectivity index (χ0n) is 16.8. The van der Waals surface area contributed by atoms with Crippen LogP contribution in [0, 0.1) is 11.3 Å². The number of rotatable bonds is 6. The molecule has 1 aromatic carbocycles. The van der Waals surface area contributed by atoms with Crippen molar-refractivity contribution < 1.29 is 4.74 Å². The molecule has 29 heavy (non-hydrogen) atoms. The maximum Gasteiger partial charge on any atom is 0.179 e. The molecule has 0 saturated carbocycles. The number of aromatic nitrogens is 3. The van der Waals surface area contributed by atoms with Crippen molar-refractivity contribution in [3.8, 4) is 11.8 Å². The molecule has 0 atom stereocenters. The van der Waals surface area contributed by atoms with Gasteiger partial charge in [0.05, 0.1) is 24.9 Å². The van der Waals surface area contributed by atoms with E-state index in [1.165, 1.54) is 5.39 Å². The van der Waals surface area contributed by atoms with E-state index >= 15 is 0 Å². The Hall–Kier alpha value is -3.11. The minimum atomic E-state index is 0.713. The number of fused-ring (bicyclic) bond motifs is 1. The lowest BCUT2D eigenvalue weighted by atomic mass is 10.2. The molecule has 3 aromatic rings. The van der Waals surface area contributed by atoms with Crippen LogP contribution in [0.25, 0.3) is 10.9 Å². The molecule has 1 fully saturated rings. The third-order valence-corrected chi connectivity index (χ3v) is 5.54. The van der Waals surface area contributed by atoms with E-state index in [4.69, 9.17) is 10.00 Å². The monoisotopic (exact) mass is 390 g/mol. The van der Waals surface area contributed by atoms with Gasteiger partial charge in [0.15, 0.2) is 11.6 Å². The van der Waals surface area contributed by atoms with Gasteiger partial charge < -0.3 is 19.1 Å². The van der Waals surface area contributed by atoms with Crippen molar-refractivity contribution in [3.63, 3.8) is 0 Å². The molecule has 3 heterocycles. The van der Waals surface area contributed by atoms with E-state index in [9.17, 15) is 0 Å². The average molecular weight is 390 g/mol. The van der Waals surface area contributed by atoms with Crippen LogP contribution in [-0.2, 0) is 6.54 Å². The summed E-state index contributed by atoms with van der Waals surface area (Å²) in [5.41, 5.74) is 1.85. The summed E-state index contributed by atoms with van der Waals surface area (Å²) >= 11 is 0. The summed E-state index contributed by atoms with van der Waals surface area (Å²) in [6, 6.07) is 10.2. The summed E-state index contributed by atoms with van der Waals surface area (Å²) in [4.78, 5) is 13.3. The van der Waals surface area contributed by atoms with Crippen molar-refractivity contribution >= 4 is 16.7 Å². The van der Waals surface area contributed by atoms with Crippen LogP contribution in [0.1, 0.15) is 18.4 Å². The van der Waals surface area contributed by atoms with E-state index in [2.05, 4.69) is 42.7 Å². The third kappa shape index (κ3) is 4.33. The van der Waals surface area contributed by atoms with Gasteiger partial charge in [-0.2, -0.15) is 5.26 Å². The van der Waals surface area contributed by atoms with Gasteiger partial charge in [-0.15, -0.1) is 0 Å². The minimum Gasteiger partial charge on any atom is -0.491 e. The Kier molecular flexibility index (Phi) is 5.92. The Morgan fingerprint density at radius 1 is 1.14 bits per heavy atom. The van der Waals surface area contributed by atoms with Crippen molar-refractivity contribution in [1.82, 2.24) is 19.4 Å². The number of ether oxygens (including phenoxy) is 1. The van der Waals surface area contributed by atoms with Crippen LogP contribution < -0.4 is 9.64 Å². The number of benzene rings is 1. The third-order valence-electron chi connectivity index (χ3n) is 5.54. The van der Waals surface area contributed by atoms with Crippen LogP contribution in [0.4, 0.5) is 5.82 Å². The van der Waals surface area contributed by atoms with E-state index in [0.29, 0.717) is 5.56 Å². The molecule has 1 saturated heterocycles. The Morgan fingerprint density at radius 2 is 2.07 bits per heavy atom. The average Bonchev–Trinajstić information content (AvgIpc) is 3.02. The summed E-state index contributed by atoms with van der Waals surface area (Å²) < 4.78 is 7.68. The molecule has 0 amide bonds. The lowest BCUT2D eigenvalue weighted by Crippen LogP contribution is -2.32. The van der Waals surface area contributed by atoms with E-state index in [-0.39, 0.29) is 0 Å². The standard InChI is InChI=1S/C22H26N6O/c1-29-21-16-24-17-25-22(21)28-10-3-8-26(12-13-28)7-2-9-27-11-6-19-5-4-18(15-23)14-20(19)27/h4-6,11,14,16-17H,2-3,7-10,12-13H2,1H3. The van der Waals surface area contributed by atoms with E-state index < -0.39 is 0 Å². The predicted molar refractivity (Wildman–Crippen MR) is 113 cm³/mol. The maximum absolute atomic E-state index is 9.15. The molecule has 0 bridgehead atoms. The smallest absolute Gasteiger partial charge is 0.179 e. The minimum absolute atomic E-state index is 0.713. The van der Waals surface area contributed by atoms with Crippen molar-refractivity contribution in [1.29, 1.82) is 5.26 Å². The molecule has 150 valence electrons. The van der Waals surface area contributed by atoms with Crippen molar-refractivity contribution in [2.75, 3.05) is 44.7 Å². The number of hydrogen-bond donors (Lipinski definition) is 0. The zero-order valence-corrected chi connectivity index (χ0v) is 16.8. The van der Waals surface area contributed by atoms with Crippen molar-refractivity contribution in [2.24, 2.45) is 0 Å². The SMILES string of the molecule is COc1cncnc1N1CCCN(CCCn2ccc3ccc(C#N)cc32)CC1. The predicted octanol–water partition coefficient (Wildman–Crippen LogP) is 2.91. The Morgan fingerprint density at radius 3 is 2.93 bits per heavy atom. The molecule has 0 N–H and O–H groups in total. The number of hydrogen-bond acceptors (Lipinski definition) is 6. The lowest BCUT2D eigenvalue weighted by Gasteiger charge is -2.23. The van der Waals surface area contributed by atoms with Gasteiger partial charge in [0.1, 0.15) is 6.33 Å². The van der Waals surface area contributed by atoms with Gasteiger partial charge in [-0.05, 0) is 49.5 Å². The summed E-state index contributed by atoms with van der Waals surface area (Å²) in [7, 11) is 1.66. The fourth-order valence-electron chi connectivity index (χ4n) is 4.01. The van der Waals surface area contributed by atoms with Gasteiger partial charge in [-0.3, -0.25) is 0 Å². The van der Waals surface area contributed by atoms with Crippen molar-refractivity contribution in [3.05, 3.63) is 48.5 Å². The van der Waals surface area contributed by atoms with Gasteiger partial charge in [0.2, 0.25) is 0 Å². The van der Waals surface area contributed by atoms with Crippen LogP contribution in [0.2, 0.25) is 0 Å². The Balaban J connectivity index is 1.33. The molecule has 0 spiro atoms. The highest BCUT2D eigenvalue weighted by Crippen LogP contribution is 2.25. The molecular weight excluding hydrogens is 364 g/mol. The Labute approximate surface area is 171 Å². The number of anilines is 1. The number of methoxy groups -OCH3 is 1. The molecule has 1 aliphatic heterocycles. The van der Waals surface area contributed by atoms with Crippen molar-refractivity contribution in [2.45, 2.75) is 19.4 Å². The summed E-state index contributed by atoms with van der Waals surface area (Å²) in [5, 5.41) is 10.3. The molecule has 7 heteroatoms. The van der Waals surface area contributed by atoms with Gasteiger partial charge in [-0.25, -0.2) is 9.97 Å². The second-order valence-electron chi connectivity index (χ2n) is 7.35. The molecule has 0 aliphatic carbocycles. The molecule has 4 rings (SSSR count). The highest BCUT2D eigenvalue weighted by atomic mass is 16.5. The number of aryl methyl sites for hydroxylation is 1. The second kappa shape index (κ2) is 8.93. The molecule has 0 unspecified atom stereocenters. The molecule has 2 aromatic heterocycles. The summed E-state index contributed by atoms with van der Waals surface area (Å²) in [5.74, 6) is 1.62. The highest BCUT2D eigenvalue weighted by molar-refractivity contribution is 5.81. The summed E-state index contributed by atoms with van der Waals surface area (Å²) in [6.45, 7) is 6.03. The van der Waals surface area contributed by atoms with Gasteiger partial charge >= 0.3 is 0 Å². The number of nitrogens with zero attached hydrogens (tertiary/aromatic N) is 6. The fourth-order valence-corrected chi connectivity index (χ4v) is 4.01. The van der Waals surface area contributed by atoms with E-state index in [0.717, 1.165) is 69.2 Å². The van der Waals surface area contributed by atoms with Crippen LogP contribution >= 0.6 is 0 Å². The van der Waals surface area contributed by atoms with Crippen LogP contribution in [0.3, 0.4) is 0 Å². The van der Waals surface area contributed by atoms with Gasteiger partial charge in [0.25, 0.3) is 0 Å². The molecular formula is C22H26N6O. The van der Waals surface area contributed by atoms with E-state index in [1.54, 1.807) is 19.6 Å². The summed E-state index contributed by atoms with van der Waals surface area (Å²) in [6.07, 6.45) is 7.61. The number of nitriles is 1. The normalized spacial score (nSPS) is 15.2. The molecule has 0 radical (unpaired) electrons. The van der Waals surface area contributed by atoms with Crippen LogP contribution in [-0.4, -0.2) is 59.3 Å². The molecule has 1 aliphatic rings. The largest absolute Gasteiger partial charge is 0.491 e. The van der Waals surface area contributed by atoms with Crippen LogP contribution in [0.15, 0.2) is 43.0 Å². The quantitative estimate of drug-likeness (QED) is 0.645. The maximum atomic E-state index is 9.15. The van der Waals surface area contributed by atoms with E-state index in [1.807, 2.05) is 18.2 Å². The lowest BCUT2D eigenvalue weighted by molar-refractivity contribution is 0.284. The second-order valence-corrected chi connectivity index (χ2v) is 7.35.